The average molecular weight is 190 g/mol. The molecule has 2 rings (SSSR count). The first-order valence-electron chi connectivity index (χ1n) is 4.60. The second kappa shape index (κ2) is 3.25. The van der Waals surface area contributed by atoms with E-state index in [4.69, 9.17) is 0 Å². The maximum absolute atomic E-state index is 9.55. The first-order chi connectivity index (χ1) is 6.70. The van der Waals surface area contributed by atoms with Crippen molar-refractivity contribution >= 4 is 0 Å². The smallest absolute Gasteiger partial charge is 0.205 e. The van der Waals surface area contributed by atoms with Crippen molar-refractivity contribution in [1.29, 1.82) is 0 Å². The van der Waals surface area contributed by atoms with Crippen molar-refractivity contribution in [1.82, 2.24) is 9.80 Å². The molecule has 0 saturated heterocycles. The van der Waals surface area contributed by atoms with Crippen molar-refractivity contribution in [2.24, 2.45) is 0 Å². The predicted molar refractivity (Wildman–Crippen MR) is 55.4 cm³/mol. The zero-order valence-corrected chi connectivity index (χ0v) is 8.38. The van der Waals surface area contributed by atoms with E-state index in [0.29, 0.717) is 5.88 Å². The maximum Gasteiger partial charge on any atom is 0.205 e. The quantitative estimate of drug-likeness (QED) is 0.733. The maximum atomic E-state index is 9.55. The van der Waals surface area contributed by atoms with Gasteiger partial charge >= 0.3 is 0 Å². The highest BCUT2D eigenvalue weighted by Crippen LogP contribution is 2.30. The molecule has 1 unspecified atom stereocenters. The van der Waals surface area contributed by atoms with Crippen molar-refractivity contribution in [3.05, 3.63) is 48.0 Å². The van der Waals surface area contributed by atoms with E-state index in [-0.39, 0.29) is 6.17 Å². The van der Waals surface area contributed by atoms with Gasteiger partial charge in [0.05, 0.1) is 6.20 Å². The Kier molecular flexibility index (Phi) is 2.08. The Labute approximate surface area is 83.9 Å². The summed E-state index contributed by atoms with van der Waals surface area (Å²) in [5.74, 6) is 0.307. The molecule has 1 heterocycles. The lowest BCUT2D eigenvalue weighted by atomic mass is 10.1. The Morgan fingerprint density at radius 3 is 2.29 bits per heavy atom. The van der Waals surface area contributed by atoms with Crippen molar-refractivity contribution in [2.45, 2.75) is 6.17 Å². The highest BCUT2D eigenvalue weighted by atomic mass is 16.3. The topological polar surface area (TPSA) is 26.7 Å². The van der Waals surface area contributed by atoms with Crippen LogP contribution in [0.15, 0.2) is 42.4 Å². The fourth-order valence-electron chi connectivity index (χ4n) is 1.83. The van der Waals surface area contributed by atoms with E-state index in [1.165, 1.54) is 5.56 Å². The number of nitrogens with zero attached hydrogens (tertiary/aromatic N) is 2. The van der Waals surface area contributed by atoms with Gasteiger partial charge in [-0.3, -0.25) is 0 Å². The van der Waals surface area contributed by atoms with Gasteiger partial charge in [0.15, 0.2) is 0 Å². The van der Waals surface area contributed by atoms with Crippen LogP contribution in [0.25, 0.3) is 0 Å². The minimum atomic E-state index is 0.108. The third-order valence-corrected chi connectivity index (χ3v) is 2.53. The van der Waals surface area contributed by atoms with Crippen molar-refractivity contribution in [3.63, 3.8) is 0 Å². The van der Waals surface area contributed by atoms with Gasteiger partial charge in [-0.1, -0.05) is 30.3 Å². The summed E-state index contributed by atoms with van der Waals surface area (Å²) >= 11 is 0. The molecule has 0 amide bonds. The number of benzene rings is 1. The zero-order valence-electron chi connectivity index (χ0n) is 8.38. The van der Waals surface area contributed by atoms with Crippen LogP contribution in [0, 0.1) is 0 Å². The Bertz CT molecular complexity index is 348. The van der Waals surface area contributed by atoms with Crippen LogP contribution < -0.4 is 0 Å². The van der Waals surface area contributed by atoms with Crippen LogP contribution in [0.1, 0.15) is 11.7 Å². The van der Waals surface area contributed by atoms with Gasteiger partial charge in [-0.05, 0) is 5.56 Å². The van der Waals surface area contributed by atoms with E-state index in [1.54, 1.807) is 6.20 Å². The van der Waals surface area contributed by atoms with E-state index in [0.717, 1.165) is 0 Å². The summed E-state index contributed by atoms with van der Waals surface area (Å²) < 4.78 is 0. The number of hydrogen-bond acceptors (Lipinski definition) is 3. The van der Waals surface area contributed by atoms with Crippen LogP contribution >= 0.6 is 0 Å². The van der Waals surface area contributed by atoms with Crippen molar-refractivity contribution < 1.29 is 5.11 Å². The van der Waals surface area contributed by atoms with Crippen LogP contribution in [-0.2, 0) is 0 Å². The summed E-state index contributed by atoms with van der Waals surface area (Å²) in [4.78, 5) is 3.83. The minimum absolute atomic E-state index is 0.108. The summed E-state index contributed by atoms with van der Waals surface area (Å²) in [6.07, 6.45) is 1.84. The molecule has 14 heavy (non-hydrogen) atoms. The normalized spacial score (nSPS) is 21.3. The SMILES string of the molecule is CN1C=C(O)N(C)C1c1ccccc1. The molecule has 0 aromatic heterocycles. The van der Waals surface area contributed by atoms with E-state index >= 15 is 0 Å². The number of aliphatic hydroxyl groups excluding tert-OH is 1. The zero-order chi connectivity index (χ0) is 10.1. The van der Waals surface area contributed by atoms with Crippen LogP contribution in [0.3, 0.4) is 0 Å². The summed E-state index contributed by atoms with van der Waals surface area (Å²) in [5.41, 5.74) is 1.18. The standard InChI is InChI=1S/C11H14N2O/c1-12-8-10(14)13(2)11(12)9-6-4-3-5-7-9/h3-8,11,14H,1-2H3. The highest BCUT2D eigenvalue weighted by Gasteiger charge is 2.27. The number of rotatable bonds is 1. The summed E-state index contributed by atoms with van der Waals surface area (Å²) in [5, 5.41) is 9.55. The Morgan fingerprint density at radius 1 is 1.14 bits per heavy atom. The summed E-state index contributed by atoms with van der Waals surface area (Å²) in [7, 11) is 3.84. The molecule has 0 saturated carbocycles. The Hall–Kier alpha value is -1.64. The van der Waals surface area contributed by atoms with E-state index in [1.807, 2.05) is 42.1 Å². The largest absolute Gasteiger partial charge is 0.494 e. The molecule has 1 aliphatic rings. The highest BCUT2D eigenvalue weighted by molar-refractivity contribution is 5.22. The van der Waals surface area contributed by atoms with Crippen LogP contribution in [0.4, 0.5) is 0 Å². The Morgan fingerprint density at radius 2 is 1.79 bits per heavy atom. The van der Waals surface area contributed by atoms with Gasteiger partial charge in [0, 0.05) is 14.1 Å². The molecular weight excluding hydrogens is 176 g/mol. The number of hydrogen-bond donors (Lipinski definition) is 1. The van der Waals surface area contributed by atoms with Gasteiger partial charge in [0.2, 0.25) is 5.88 Å². The second-order valence-electron chi connectivity index (χ2n) is 3.55. The van der Waals surface area contributed by atoms with Gasteiger partial charge in [-0.25, -0.2) is 0 Å². The molecule has 1 atom stereocenters. The molecular formula is C11H14N2O. The minimum Gasteiger partial charge on any atom is -0.494 e. The lowest BCUT2D eigenvalue weighted by Gasteiger charge is -2.27. The fourth-order valence-corrected chi connectivity index (χ4v) is 1.83. The van der Waals surface area contributed by atoms with Gasteiger partial charge in [0.25, 0.3) is 0 Å². The molecule has 0 fully saturated rings. The lowest BCUT2D eigenvalue weighted by molar-refractivity contribution is 0.149. The van der Waals surface area contributed by atoms with Gasteiger partial charge < -0.3 is 14.9 Å². The Balaban J connectivity index is 2.30. The first kappa shape index (κ1) is 8.94. The van der Waals surface area contributed by atoms with Crippen LogP contribution in [-0.4, -0.2) is 29.0 Å². The van der Waals surface area contributed by atoms with Crippen molar-refractivity contribution in [3.8, 4) is 0 Å². The molecule has 3 nitrogen and oxygen atoms in total. The van der Waals surface area contributed by atoms with Gasteiger partial charge in [0.1, 0.15) is 6.17 Å². The molecule has 1 aromatic carbocycles. The average Bonchev–Trinajstić information content (AvgIpc) is 2.43. The molecule has 0 bridgehead atoms. The molecule has 1 aliphatic heterocycles. The molecule has 1 aromatic rings. The monoisotopic (exact) mass is 190 g/mol. The van der Waals surface area contributed by atoms with Crippen LogP contribution in [0.5, 0.6) is 0 Å². The summed E-state index contributed by atoms with van der Waals surface area (Å²) in [6, 6.07) is 10.1. The van der Waals surface area contributed by atoms with Gasteiger partial charge in [-0.15, -0.1) is 0 Å². The van der Waals surface area contributed by atoms with E-state index < -0.39 is 0 Å². The predicted octanol–water partition coefficient (Wildman–Crippen LogP) is 1.92. The summed E-state index contributed by atoms with van der Waals surface area (Å²) in [6.45, 7) is 0. The second-order valence-corrected chi connectivity index (χ2v) is 3.55. The molecule has 0 radical (unpaired) electrons. The third-order valence-electron chi connectivity index (χ3n) is 2.53. The van der Waals surface area contributed by atoms with Crippen LogP contribution in [0.2, 0.25) is 0 Å². The molecule has 74 valence electrons. The van der Waals surface area contributed by atoms with E-state index in [2.05, 4.69) is 12.1 Å². The molecule has 0 spiro atoms. The van der Waals surface area contributed by atoms with Gasteiger partial charge in [-0.2, -0.15) is 0 Å². The lowest BCUT2D eigenvalue weighted by Crippen LogP contribution is -2.26. The van der Waals surface area contributed by atoms with Crippen molar-refractivity contribution in [2.75, 3.05) is 14.1 Å². The molecule has 0 aliphatic carbocycles. The number of aliphatic hydroxyl groups is 1. The van der Waals surface area contributed by atoms with E-state index in [9.17, 15) is 5.11 Å². The molecule has 3 heteroatoms. The third kappa shape index (κ3) is 1.31. The molecule has 1 N–H and O–H groups in total. The fraction of sp³-hybridized carbons (Fsp3) is 0.273. The first-order valence-corrected chi connectivity index (χ1v) is 4.60.